The molecule has 0 bridgehead atoms. The van der Waals surface area contributed by atoms with Crippen LogP contribution in [0.2, 0.25) is 0 Å². The minimum atomic E-state index is -3.59. The summed E-state index contributed by atoms with van der Waals surface area (Å²) in [6.45, 7) is 3.61. The lowest BCUT2D eigenvalue weighted by atomic mass is 10.2. The molecule has 0 aliphatic heterocycles. The fourth-order valence-electron chi connectivity index (χ4n) is 2.34. The molecule has 0 unspecified atom stereocenters. The Balaban J connectivity index is 0.00000392. The van der Waals surface area contributed by atoms with Crippen LogP contribution in [0, 0.1) is 5.82 Å². The molecule has 154 valence electrons. The van der Waals surface area contributed by atoms with Crippen molar-refractivity contribution < 1.29 is 12.8 Å². The minimum absolute atomic E-state index is 0. The van der Waals surface area contributed by atoms with Crippen molar-refractivity contribution in [1.29, 1.82) is 0 Å². The van der Waals surface area contributed by atoms with Crippen LogP contribution in [0.25, 0.3) is 0 Å². The molecule has 2 rings (SSSR count). The number of hydrogen-bond acceptors (Lipinski definition) is 4. The number of aromatic nitrogens is 1. The summed E-state index contributed by atoms with van der Waals surface area (Å²) >= 11 is 0. The molecule has 0 atom stereocenters. The predicted octanol–water partition coefficient (Wildman–Crippen LogP) is 2.21. The first-order chi connectivity index (χ1) is 12.9. The summed E-state index contributed by atoms with van der Waals surface area (Å²) in [5.41, 5.74) is 0.946. The van der Waals surface area contributed by atoms with Crippen molar-refractivity contribution in [2.24, 2.45) is 4.99 Å². The Labute approximate surface area is 182 Å². The van der Waals surface area contributed by atoms with Crippen molar-refractivity contribution in [3.8, 4) is 0 Å². The van der Waals surface area contributed by atoms with Crippen LogP contribution in [-0.2, 0) is 16.6 Å². The van der Waals surface area contributed by atoms with Gasteiger partial charge in [0.05, 0.1) is 6.54 Å². The van der Waals surface area contributed by atoms with E-state index in [1.165, 1.54) is 30.6 Å². The third-order valence-electron chi connectivity index (χ3n) is 3.64. The number of sulfonamides is 1. The Morgan fingerprint density at radius 2 is 1.96 bits per heavy atom. The number of guanidine groups is 1. The second-order valence-corrected chi connectivity index (χ2v) is 7.57. The average molecular weight is 521 g/mol. The van der Waals surface area contributed by atoms with Gasteiger partial charge >= 0.3 is 0 Å². The molecule has 2 N–H and O–H groups in total. The summed E-state index contributed by atoms with van der Waals surface area (Å²) in [5, 5.41) is 3.16. The molecule has 0 amide bonds. The lowest BCUT2D eigenvalue weighted by Crippen LogP contribution is -2.39. The van der Waals surface area contributed by atoms with Crippen molar-refractivity contribution in [2.45, 2.75) is 18.4 Å². The largest absolute Gasteiger partial charge is 0.357 e. The molecule has 10 heteroatoms. The third kappa shape index (κ3) is 7.68. The SMILES string of the molecule is CCNC(=NCCNS(=O)(=O)c1cccnc1)N(C)Cc1ccc(F)cc1.I. The first kappa shape index (κ1) is 24.2. The maximum absolute atomic E-state index is 13.0. The van der Waals surface area contributed by atoms with Crippen molar-refractivity contribution in [3.05, 3.63) is 60.2 Å². The summed E-state index contributed by atoms with van der Waals surface area (Å²) in [4.78, 5) is 10.3. The number of rotatable bonds is 8. The number of nitrogens with one attached hydrogen (secondary N) is 2. The van der Waals surface area contributed by atoms with Crippen LogP contribution in [-0.4, -0.2) is 50.9 Å². The summed E-state index contributed by atoms with van der Waals surface area (Å²) in [5.74, 6) is 0.366. The van der Waals surface area contributed by atoms with Crippen molar-refractivity contribution in [1.82, 2.24) is 19.9 Å². The van der Waals surface area contributed by atoms with Gasteiger partial charge in [0.2, 0.25) is 10.0 Å². The van der Waals surface area contributed by atoms with Gasteiger partial charge < -0.3 is 10.2 Å². The van der Waals surface area contributed by atoms with E-state index in [-0.39, 0.29) is 47.8 Å². The first-order valence-corrected chi connectivity index (χ1v) is 10.0. The maximum Gasteiger partial charge on any atom is 0.242 e. The molecular weight excluding hydrogens is 496 g/mol. The molecule has 1 aromatic heterocycles. The molecule has 7 nitrogen and oxygen atoms in total. The standard InChI is InChI=1S/C18H24FN5O2S.HI/c1-3-21-18(24(2)14-15-6-8-16(19)9-7-15)22-11-12-23-27(25,26)17-5-4-10-20-13-17;/h4-10,13,23H,3,11-12,14H2,1-2H3,(H,21,22);1H. The zero-order valence-electron chi connectivity index (χ0n) is 15.8. The number of hydrogen-bond donors (Lipinski definition) is 2. The quantitative estimate of drug-likeness (QED) is 0.241. The molecule has 0 spiro atoms. The maximum atomic E-state index is 13.0. The fraction of sp³-hybridized carbons (Fsp3) is 0.333. The van der Waals surface area contributed by atoms with E-state index in [1.807, 2.05) is 18.9 Å². The van der Waals surface area contributed by atoms with Crippen LogP contribution in [0.5, 0.6) is 0 Å². The lowest BCUT2D eigenvalue weighted by Gasteiger charge is -2.22. The first-order valence-electron chi connectivity index (χ1n) is 8.56. The summed E-state index contributed by atoms with van der Waals surface area (Å²) in [6, 6.07) is 9.33. The van der Waals surface area contributed by atoms with E-state index in [0.29, 0.717) is 19.0 Å². The van der Waals surface area contributed by atoms with Gasteiger partial charge in [0.15, 0.2) is 5.96 Å². The van der Waals surface area contributed by atoms with E-state index in [9.17, 15) is 12.8 Å². The van der Waals surface area contributed by atoms with Crippen molar-refractivity contribution in [2.75, 3.05) is 26.7 Å². The number of halogens is 2. The van der Waals surface area contributed by atoms with Crippen molar-refractivity contribution >= 4 is 40.0 Å². The normalized spacial score (nSPS) is 11.6. The fourth-order valence-corrected chi connectivity index (χ4v) is 3.32. The van der Waals surface area contributed by atoms with Gasteiger partial charge in [0.1, 0.15) is 10.7 Å². The van der Waals surface area contributed by atoms with Gasteiger partial charge in [-0.1, -0.05) is 12.1 Å². The highest BCUT2D eigenvalue weighted by Crippen LogP contribution is 2.06. The van der Waals surface area contributed by atoms with Crippen molar-refractivity contribution in [3.63, 3.8) is 0 Å². The molecule has 0 radical (unpaired) electrons. The number of benzene rings is 1. The molecule has 0 saturated carbocycles. The minimum Gasteiger partial charge on any atom is -0.357 e. The Morgan fingerprint density at radius 3 is 2.57 bits per heavy atom. The lowest BCUT2D eigenvalue weighted by molar-refractivity contribution is 0.476. The van der Waals surface area contributed by atoms with Crippen LogP contribution in [0.4, 0.5) is 4.39 Å². The van der Waals surface area contributed by atoms with E-state index in [1.54, 1.807) is 18.2 Å². The van der Waals surface area contributed by atoms with Gasteiger partial charge in [0, 0.05) is 39.1 Å². The van der Waals surface area contributed by atoms with E-state index < -0.39 is 10.0 Å². The molecule has 0 aliphatic carbocycles. The average Bonchev–Trinajstić information content (AvgIpc) is 2.66. The number of aliphatic imine (C=N–C) groups is 1. The van der Waals surface area contributed by atoms with Crippen LogP contribution in [0.1, 0.15) is 12.5 Å². The van der Waals surface area contributed by atoms with Gasteiger partial charge in [-0.05, 0) is 36.8 Å². The highest BCUT2D eigenvalue weighted by molar-refractivity contribution is 14.0. The van der Waals surface area contributed by atoms with E-state index in [2.05, 4.69) is 20.0 Å². The van der Waals surface area contributed by atoms with Crippen LogP contribution >= 0.6 is 24.0 Å². The van der Waals surface area contributed by atoms with Crippen LogP contribution in [0.3, 0.4) is 0 Å². The van der Waals surface area contributed by atoms with E-state index >= 15 is 0 Å². The zero-order valence-corrected chi connectivity index (χ0v) is 18.9. The highest BCUT2D eigenvalue weighted by Gasteiger charge is 2.13. The third-order valence-corrected chi connectivity index (χ3v) is 5.09. The van der Waals surface area contributed by atoms with Gasteiger partial charge in [-0.3, -0.25) is 9.98 Å². The Kier molecular flexibility index (Phi) is 10.3. The molecule has 1 heterocycles. The molecule has 0 fully saturated rings. The Bertz CT molecular complexity index is 848. The summed E-state index contributed by atoms with van der Waals surface area (Å²) in [6.07, 6.45) is 2.81. The predicted molar refractivity (Wildman–Crippen MR) is 119 cm³/mol. The summed E-state index contributed by atoms with van der Waals surface area (Å²) < 4.78 is 39.8. The van der Waals surface area contributed by atoms with Gasteiger partial charge in [-0.25, -0.2) is 17.5 Å². The Hall–Kier alpha value is -1.79. The molecular formula is C18H25FIN5O2S. The number of pyridine rings is 1. The van der Waals surface area contributed by atoms with E-state index in [4.69, 9.17) is 0 Å². The molecule has 0 aliphatic rings. The Morgan fingerprint density at radius 1 is 1.25 bits per heavy atom. The van der Waals surface area contributed by atoms with Crippen LogP contribution < -0.4 is 10.0 Å². The van der Waals surface area contributed by atoms with E-state index in [0.717, 1.165) is 5.56 Å². The van der Waals surface area contributed by atoms with Gasteiger partial charge in [-0.2, -0.15) is 0 Å². The summed E-state index contributed by atoms with van der Waals surface area (Å²) in [7, 11) is -1.73. The molecule has 0 saturated heterocycles. The monoisotopic (exact) mass is 521 g/mol. The second kappa shape index (κ2) is 11.9. The molecule has 28 heavy (non-hydrogen) atoms. The highest BCUT2D eigenvalue weighted by atomic mass is 127. The molecule has 1 aromatic carbocycles. The number of nitrogens with zero attached hydrogens (tertiary/aromatic N) is 3. The smallest absolute Gasteiger partial charge is 0.242 e. The van der Waals surface area contributed by atoms with Gasteiger partial charge in [0.25, 0.3) is 0 Å². The zero-order chi connectivity index (χ0) is 19.7. The topological polar surface area (TPSA) is 86.7 Å². The molecule has 2 aromatic rings. The van der Waals surface area contributed by atoms with Crippen LogP contribution in [0.15, 0.2) is 58.7 Å². The van der Waals surface area contributed by atoms with Gasteiger partial charge in [-0.15, -0.1) is 24.0 Å². The second-order valence-electron chi connectivity index (χ2n) is 5.80.